The van der Waals surface area contributed by atoms with Gasteiger partial charge in [-0.05, 0) is 180 Å². The van der Waals surface area contributed by atoms with Gasteiger partial charge in [0.05, 0.1) is 36.4 Å². The average molecular weight is 718 g/mol. The second-order valence-corrected chi connectivity index (χ2v) is 18.2. The van der Waals surface area contributed by atoms with E-state index in [4.69, 9.17) is 0 Å². The zero-order valence-corrected chi connectivity index (χ0v) is 32.4. The van der Waals surface area contributed by atoms with E-state index in [2.05, 4.69) is 75.5 Å². The number of nitrogens with zero attached hydrogens (tertiary/aromatic N) is 4. The fourth-order valence-electron chi connectivity index (χ4n) is 13.0. The summed E-state index contributed by atoms with van der Waals surface area (Å²) in [4.78, 5) is 2.94. The minimum atomic E-state index is 0.141. The minimum Gasteiger partial charge on any atom is -0.352 e. The summed E-state index contributed by atoms with van der Waals surface area (Å²) >= 11 is 0. The topological polar surface area (TPSA) is 67.8 Å². The Balaban J connectivity index is 1.09. The molecule has 2 fully saturated rings. The van der Waals surface area contributed by atoms with Crippen LogP contribution in [0.1, 0.15) is 161 Å². The van der Waals surface area contributed by atoms with Gasteiger partial charge >= 0.3 is 0 Å². The number of nitriles is 2. The van der Waals surface area contributed by atoms with Crippen LogP contribution < -0.4 is 5.32 Å². The van der Waals surface area contributed by atoms with E-state index in [9.17, 15) is 10.5 Å². The summed E-state index contributed by atoms with van der Waals surface area (Å²) in [6.07, 6.45) is 35.0. The number of allylic oxidation sites excluding steroid dienone is 5. The van der Waals surface area contributed by atoms with Crippen molar-refractivity contribution in [2.24, 2.45) is 23.7 Å². The third-order valence-electron chi connectivity index (χ3n) is 15.4. The lowest BCUT2D eigenvalue weighted by atomic mass is 9.72. The van der Waals surface area contributed by atoms with E-state index in [-0.39, 0.29) is 18.0 Å². The van der Waals surface area contributed by atoms with Crippen LogP contribution in [0.2, 0.25) is 0 Å². The molecule has 6 aliphatic carbocycles. The van der Waals surface area contributed by atoms with Gasteiger partial charge in [-0.2, -0.15) is 10.5 Å². The van der Waals surface area contributed by atoms with Crippen LogP contribution in [0.15, 0.2) is 59.3 Å². The summed E-state index contributed by atoms with van der Waals surface area (Å²) in [7, 11) is 0. The van der Waals surface area contributed by atoms with E-state index in [0.29, 0.717) is 30.0 Å². The first-order valence-electron chi connectivity index (χ1n) is 22.1. The van der Waals surface area contributed by atoms with Gasteiger partial charge in [-0.25, -0.2) is 0 Å². The largest absolute Gasteiger partial charge is 0.352 e. The van der Waals surface area contributed by atoms with Gasteiger partial charge in [-0.3, -0.25) is 5.32 Å². The normalized spacial score (nSPS) is 33.4. The summed E-state index contributed by atoms with van der Waals surface area (Å²) in [6.45, 7) is 0. The molecular weight excluding hydrogens is 659 g/mol. The Bertz CT molecular complexity index is 1990. The lowest BCUT2D eigenvalue weighted by Crippen LogP contribution is -2.55. The van der Waals surface area contributed by atoms with Gasteiger partial charge in [0, 0.05) is 28.9 Å². The van der Waals surface area contributed by atoms with Crippen LogP contribution in [0, 0.1) is 46.3 Å². The second kappa shape index (κ2) is 14.7. The third kappa shape index (κ3) is 5.96. The minimum absolute atomic E-state index is 0.141. The van der Waals surface area contributed by atoms with E-state index < -0.39 is 0 Å². The van der Waals surface area contributed by atoms with Crippen LogP contribution in [0.5, 0.6) is 0 Å². The molecule has 54 heavy (non-hydrogen) atoms. The van der Waals surface area contributed by atoms with E-state index in [1.54, 1.807) is 22.4 Å². The molecule has 2 aromatic rings. The molecule has 1 aromatic carbocycles. The number of fused-ring (bicyclic) bond motifs is 5. The molecule has 5 nitrogen and oxygen atoms in total. The van der Waals surface area contributed by atoms with Crippen molar-refractivity contribution in [1.29, 1.82) is 10.5 Å². The maximum absolute atomic E-state index is 10.0. The smallest absolute Gasteiger partial charge is 0.0863 e. The molecule has 3 heterocycles. The quantitative estimate of drug-likeness (QED) is 0.313. The molecule has 10 rings (SSSR count). The molecular formula is C49H59N5. The van der Waals surface area contributed by atoms with Crippen LogP contribution in [-0.4, -0.2) is 21.7 Å². The van der Waals surface area contributed by atoms with Gasteiger partial charge in [0.1, 0.15) is 0 Å². The highest BCUT2D eigenvalue weighted by Crippen LogP contribution is 2.52. The third-order valence-corrected chi connectivity index (χ3v) is 15.4. The molecule has 8 aliphatic rings. The van der Waals surface area contributed by atoms with Crippen molar-refractivity contribution in [1.82, 2.24) is 14.8 Å². The van der Waals surface area contributed by atoms with Gasteiger partial charge in [0.2, 0.25) is 0 Å². The van der Waals surface area contributed by atoms with Crippen LogP contribution in [-0.2, 0) is 19.3 Å². The van der Waals surface area contributed by atoms with Crippen LogP contribution in [0.4, 0.5) is 0 Å². The summed E-state index contributed by atoms with van der Waals surface area (Å²) in [6, 6.07) is 15.2. The van der Waals surface area contributed by atoms with E-state index in [0.717, 1.165) is 51.4 Å². The highest BCUT2D eigenvalue weighted by molar-refractivity contribution is 5.73. The van der Waals surface area contributed by atoms with Gasteiger partial charge in [0.25, 0.3) is 0 Å². The Morgan fingerprint density at radius 1 is 0.685 bits per heavy atom. The van der Waals surface area contributed by atoms with Crippen molar-refractivity contribution in [2.45, 2.75) is 159 Å². The monoisotopic (exact) mass is 717 g/mol. The number of piperidine rings is 1. The van der Waals surface area contributed by atoms with Gasteiger partial charge in [-0.15, -0.1) is 0 Å². The average Bonchev–Trinajstić information content (AvgIpc) is 3.76. The fraction of sp³-hybridized carbons (Fsp3) is 0.592. The lowest BCUT2D eigenvalue weighted by molar-refractivity contribution is 0.0795. The zero-order chi connectivity index (χ0) is 36.2. The molecule has 8 unspecified atom stereocenters. The van der Waals surface area contributed by atoms with E-state index in [1.165, 1.54) is 117 Å². The number of benzene rings is 1. The van der Waals surface area contributed by atoms with Crippen LogP contribution in [0.25, 0.3) is 11.6 Å². The molecule has 0 spiro atoms. The summed E-state index contributed by atoms with van der Waals surface area (Å²) in [5.74, 6) is 2.02. The van der Waals surface area contributed by atoms with Crippen molar-refractivity contribution in [3.8, 4) is 12.1 Å². The number of hydrogen-bond donors (Lipinski definition) is 1. The fourth-order valence-corrected chi connectivity index (χ4v) is 13.0. The molecule has 1 aromatic heterocycles. The summed E-state index contributed by atoms with van der Waals surface area (Å²) < 4.78 is 2.79. The Morgan fingerprint density at radius 2 is 1.52 bits per heavy atom. The molecule has 0 bridgehead atoms. The van der Waals surface area contributed by atoms with Crippen molar-refractivity contribution >= 4 is 11.6 Å². The zero-order valence-electron chi connectivity index (χ0n) is 32.4. The van der Waals surface area contributed by atoms with Gasteiger partial charge < -0.3 is 9.47 Å². The SMILES string of the molecule is N#CC1CCc2c(c3c(n2C2CC(C4=C(c5ccccc5C5CCCC(C#N)C5)CCCC4)CC(N4C5=C(CCCC5)C5CCC=CC54)N2)C=CCC3)C1. The van der Waals surface area contributed by atoms with Crippen LogP contribution in [0.3, 0.4) is 0 Å². The Hall–Kier alpha value is -3.80. The molecule has 1 saturated carbocycles. The standard InChI is InChI=1S/C49H59N5/c50-30-32-12-11-13-34(26-32)36-14-1-3-16-38(36)39-17-4-2-15-37(39)35-28-48(53-44-21-8-5-18-40(44)41-19-6-9-22-45(41)53)52-49(29-35)54-46-23-10-7-20-42(46)43-27-33(31-51)24-25-47(43)54/h1,3,8,10,14,16,21,23,32-35,40,44,48-49,52H,2,4-7,9,11-13,15,17-20,22,24-29H2. The Labute approximate surface area is 323 Å². The lowest BCUT2D eigenvalue weighted by Gasteiger charge is -2.47. The molecule has 8 atom stereocenters. The van der Waals surface area contributed by atoms with E-state index in [1.807, 2.05) is 0 Å². The van der Waals surface area contributed by atoms with Crippen molar-refractivity contribution in [2.75, 3.05) is 0 Å². The first-order valence-corrected chi connectivity index (χ1v) is 22.1. The molecule has 0 amide bonds. The van der Waals surface area contributed by atoms with Crippen molar-refractivity contribution in [3.63, 3.8) is 0 Å². The maximum atomic E-state index is 10.0. The number of aromatic nitrogens is 1. The first-order chi connectivity index (χ1) is 26.7. The molecule has 5 heteroatoms. The molecule has 1 saturated heterocycles. The van der Waals surface area contributed by atoms with Gasteiger partial charge in [0.15, 0.2) is 0 Å². The highest BCUT2D eigenvalue weighted by atomic mass is 15.4. The molecule has 1 N–H and O–H groups in total. The first kappa shape index (κ1) is 34.7. The molecule has 280 valence electrons. The number of nitrogens with one attached hydrogen (secondary N) is 1. The van der Waals surface area contributed by atoms with Gasteiger partial charge in [-0.1, -0.05) is 54.5 Å². The number of rotatable bonds is 5. The predicted octanol–water partition coefficient (Wildman–Crippen LogP) is 11.2. The Kier molecular flexibility index (Phi) is 9.43. The summed E-state index contributed by atoms with van der Waals surface area (Å²) in [5, 5.41) is 24.4. The summed E-state index contributed by atoms with van der Waals surface area (Å²) in [5.41, 5.74) is 15.9. The second-order valence-electron chi connectivity index (χ2n) is 18.2. The van der Waals surface area contributed by atoms with E-state index >= 15 is 0 Å². The molecule has 0 radical (unpaired) electrons. The van der Waals surface area contributed by atoms with Crippen LogP contribution >= 0.6 is 0 Å². The Morgan fingerprint density at radius 3 is 2.43 bits per heavy atom. The van der Waals surface area contributed by atoms with Crippen molar-refractivity contribution < 1.29 is 0 Å². The highest BCUT2D eigenvalue weighted by Gasteiger charge is 2.47. The van der Waals surface area contributed by atoms with Crippen molar-refractivity contribution in [3.05, 3.63) is 93.0 Å². The maximum Gasteiger partial charge on any atom is 0.0863 e. The predicted molar refractivity (Wildman–Crippen MR) is 217 cm³/mol. The number of hydrogen-bond acceptors (Lipinski definition) is 4. The molecule has 2 aliphatic heterocycles.